The zero-order chi connectivity index (χ0) is 20.5. The number of nitrogens with zero attached hydrogens (tertiary/aromatic N) is 1. The van der Waals surface area contributed by atoms with E-state index in [9.17, 15) is 9.59 Å². The molecule has 0 saturated carbocycles. The van der Waals surface area contributed by atoms with Gasteiger partial charge in [-0.05, 0) is 55.7 Å². The van der Waals surface area contributed by atoms with Gasteiger partial charge in [-0.2, -0.15) is 0 Å². The lowest BCUT2D eigenvalue weighted by atomic mass is 10.1. The number of carbonyl (C=O) groups excluding carboxylic acids is 2. The topological polar surface area (TPSA) is 58.6 Å². The molecular weight excluding hydrogens is 376 g/mol. The van der Waals surface area contributed by atoms with Crippen LogP contribution < -0.4 is 10.1 Å². The standard InChI is InChI=1S/C22H27ClN2O3/c1-4-12-24-22(27)17(3)25(14-18-8-10-19(23)11-9-18)21(26)15-28-20-7-5-6-16(2)13-20/h5-11,13,17H,4,12,14-15H2,1-3H3,(H,24,27). The van der Waals surface area contributed by atoms with Gasteiger partial charge in [-0.3, -0.25) is 9.59 Å². The lowest BCUT2D eigenvalue weighted by Crippen LogP contribution is -2.49. The van der Waals surface area contributed by atoms with Gasteiger partial charge in [0.2, 0.25) is 5.91 Å². The molecule has 1 atom stereocenters. The predicted molar refractivity (Wildman–Crippen MR) is 111 cm³/mol. The molecule has 0 heterocycles. The largest absolute Gasteiger partial charge is 0.484 e. The van der Waals surface area contributed by atoms with Crippen molar-refractivity contribution in [3.05, 3.63) is 64.7 Å². The molecule has 0 aliphatic carbocycles. The average molecular weight is 403 g/mol. The highest BCUT2D eigenvalue weighted by molar-refractivity contribution is 6.30. The van der Waals surface area contributed by atoms with E-state index in [-0.39, 0.29) is 18.4 Å². The zero-order valence-electron chi connectivity index (χ0n) is 16.6. The summed E-state index contributed by atoms with van der Waals surface area (Å²) in [6.07, 6.45) is 0.833. The molecule has 5 nitrogen and oxygen atoms in total. The summed E-state index contributed by atoms with van der Waals surface area (Å²) in [6, 6.07) is 14.1. The number of rotatable bonds is 9. The van der Waals surface area contributed by atoms with E-state index in [1.807, 2.05) is 44.2 Å². The fourth-order valence-corrected chi connectivity index (χ4v) is 2.82. The van der Waals surface area contributed by atoms with Crippen molar-refractivity contribution in [2.45, 2.75) is 39.8 Å². The molecule has 28 heavy (non-hydrogen) atoms. The van der Waals surface area contributed by atoms with Crippen LogP contribution in [-0.2, 0) is 16.1 Å². The summed E-state index contributed by atoms with van der Waals surface area (Å²) in [4.78, 5) is 26.9. The third-order valence-electron chi connectivity index (χ3n) is 4.33. The Morgan fingerprint density at radius 1 is 1.18 bits per heavy atom. The van der Waals surface area contributed by atoms with E-state index in [4.69, 9.17) is 16.3 Å². The Balaban J connectivity index is 2.11. The van der Waals surface area contributed by atoms with Gasteiger partial charge in [0.1, 0.15) is 11.8 Å². The van der Waals surface area contributed by atoms with Crippen LogP contribution in [0.25, 0.3) is 0 Å². The first-order valence-electron chi connectivity index (χ1n) is 9.41. The van der Waals surface area contributed by atoms with Gasteiger partial charge in [0.15, 0.2) is 6.61 Å². The summed E-state index contributed by atoms with van der Waals surface area (Å²) >= 11 is 5.95. The summed E-state index contributed by atoms with van der Waals surface area (Å²) in [5, 5.41) is 3.47. The van der Waals surface area contributed by atoms with E-state index in [2.05, 4.69) is 5.32 Å². The van der Waals surface area contributed by atoms with Crippen LogP contribution in [0.5, 0.6) is 5.75 Å². The van der Waals surface area contributed by atoms with Crippen LogP contribution in [0, 0.1) is 6.92 Å². The second-order valence-electron chi connectivity index (χ2n) is 6.72. The number of carbonyl (C=O) groups is 2. The Hall–Kier alpha value is -2.53. The Bertz CT molecular complexity index is 793. The van der Waals surface area contributed by atoms with Gasteiger partial charge in [0, 0.05) is 18.1 Å². The van der Waals surface area contributed by atoms with Crippen LogP contribution in [0.3, 0.4) is 0 Å². The molecule has 0 aliphatic heterocycles. The van der Waals surface area contributed by atoms with E-state index in [1.54, 1.807) is 25.1 Å². The molecule has 2 rings (SSSR count). The maximum Gasteiger partial charge on any atom is 0.261 e. The minimum Gasteiger partial charge on any atom is -0.484 e. The first kappa shape index (κ1) is 21.8. The molecule has 150 valence electrons. The van der Waals surface area contributed by atoms with Crippen molar-refractivity contribution >= 4 is 23.4 Å². The van der Waals surface area contributed by atoms with E-state index >= 15 is 0 Å². The molecule has 2 aromatic carbocycles. The van der Waals surface area contributed by atoms with Gasteiger partial charge in [-0.1, -0.05) is 42.8 Å². The van der Waals surface area contributed by atoms with Crippen LogP contribution in [0.4, 0.5) is 0 Å². The lowest BCUT2D eigenvalue weighted by molar-refractivity contribution is -0.142. The zero-order valence-corrected chi connectivity index (χ0v) is 17.3. The highest BCUT2D eigenvalue weighted by atomic mass is 35.5. The van der Waals surface area contributed by atoms with Crippen LogP contribution in [0.2, 0.25) is 5.02 Å². The van der Waals surface area contributed by atoms with Crippen LogP contribution >= 0.6 is 11.6 Å². The van der Waals surface area contributed by atoms with Crippen molar-refractivity contribution in [3.8, 4) is 5.75 Å². The highest BCUT2D eigenvalue weighted by Gasteiger charge is 2.26. The van der Waals surface area contributed by atoms with Gasteiger partial charge in [0.05, 0.1) is 0 Å². The van der Waals surface area contributed by atoms with Gasteiger partial charge in [-0.15, -0.1) is 0 Å². The van der Waals surface area contributed by atoms with Crippen LogP contribution in [-0.4, -0.2) is 35.9 Å². The Morgan fingerprint density at radius 2 is 1.89 bits per heavy atom. The SMILES string of the molecule is CCCNC(=O)C(C)N(Cc1ccc(Cl)cc1)C(=O)COc1cccc(C)c1. The molecule has 2 amide bonds. The lowest BCUT2D eigenvalue weighted by Gasteiger charge is -2.28. The maximum atomic E-state index is 12.9. The highest BCUT2D eigenvalue weighted by Crippen LogP contribution is 2.16. The number of ether oxygens (including phenoxy) is 1. The van der Waals surface area contributed by atoms with Gasteiger partial charge < -0.3 is 15.0 Å². The molecule has 0 saturated heterocycles. The second kappa shape index (κ2) is 10.7. The molecule has 6 heteroatoms. The fourth-order valence-electron chi connectivity index (χ4n) is 2.70. The van der Waals surface area contributed by atoms with Crippen LogP contribution in [0.1, 0.15) is 31.4 Å². The number of aryl methyl sites for hydroxylation is 1. The molecule has 0 spiro atoms. The van der Waals surface area contributed by atoms with E-state index in [0.29, 0.717) is 23.9 Å². The first-order valence-corrected chi connectivity index (χ1v) is 9.79. The minimum atomic E-state index is -0.615. The van der Waals surface area contributed by atoms with Crippen molar-refractivity contribution in [2.24, 2.45) is 0 Å². The maximum absolute atomic E-state index is 12.9. The summed E-state index contributed by atoms with van der Waals surface area (Å²) in [5.74, 6) is 0.193. The van der Waals surface area contributed by atoms with Crippen LogP contribution in [0.15, 0.2) is 48.5 Å². The van der Waals surface area contributed by atoms with Crippen molar-refractivity contribution in [3.63, 3.8) is 0 Å². The van der Waals surface area contributed by atoms with E-state index in [1.165, 1.54) is 4.90 Å². The second-order valence-corrected chi connectivity index (χ2v) is 7.16. The van der Waals surface area contributed by atoms with Crippen molar-refractivity contribution in [1.29, 1.82) is 0 Å². The molecule has 1 unspecified atom stereocenters. The summed E-state index contributed by atoms with van der Waals surface area (Å²) in [6.45, 7) is 6.41. The minimum absolute atomic E-state index is 0.136. The molecule has 2 aromatic rings. The molecular formula is C22H27ClN2O3. The molecule has 0 radical (unpaired) electrons. The molecule has 1 N–H and O–H groups in total. The molecule has 0 aromatic heterocycles. The summed E-state index contributed by atoms with van der Waals surface area (Å²) in [7, 11) is 0. The number of hydrogen-bond donors (Lipinski definition) is 1. The quantitative estimate of drug-likeness (QED) is 0.690. The normalized spacial score (nSPS) is 11.6. The smallest absolute Gasteiger partial charge is 0.261 e. The van der Waals surface area contributed by atoms with E-state index < -0.39 is 6.04 Å². The third kappa shape index (κ3) is 6.57. The van der Waals surface area contributed by atoms with Gasteiger partial charge in [-0.25, -0.2) is 0 Å². The summed E-state index contributed by atoms with van der Waals surface area (Å²) in [5.41, 5.74) is 1.94. The van der Waals surface area contributed by atoms with Crippen molar-refractivity contribution in [1.82, 2.24) is 10.2 Å². The fraction of sp³-hybridized carbons (Fsp3) is 0.364. The van der Waals surface area contributed by atoms with Crippen molar-refractivity contribution in [2.75, 3.05) is 13.2 Å². The third-order valence-corrected chi connectivity index (χ3v) is 4.59. The number of benzene rings is 2. The Labute approximate surface area is 171 Å². The predicted octanol–water partition coefficient (Wildman–Crippen LogP) is 3.97. The number of amides is 2. The molecule has 0 aliphatic rings. The first-order chi connectivity index (χ1) is 13.4. The number of nitrogens with one attached hydrogen (secondary N) is 1. The Morgan fingerprint density at radius 3 is 2.54 bits per heavy atom. The van der Waals surface area contributed by atoms with Crippen molar-refractivity contribution < 1.29 is 14.3 Å². The molecule has 0 fully saturated rings. The van der Waals surface area contributed by atoms with Gasteiger partial charge in [0.25, 0.3) is 5.91 Å². The number of halogens is 1. The Kier molecular flexibility index (Phi) is 8.33. The van der Waals surface area contributed by atoms with Gasteiger partial charge >= 0.3 is 0 Å². The van der Waals surface area contributed by atoms with E-state index in [0.717, 1.165) is 17.5 Å². The summed E-state index contributed by atoms with van der Waals surface area (Å²) < 4.78 is 5.65. The monoisotopic (exact) mass is 402 g/mol. The number of hydrogen-bond acceptors (Lipinski definition) is 3. The average Bonchev–Trinajstić information content (AvgIpc) is 2.69. The molecule has 0 bridgehead atoms.